The van der Waals surface area contributed by atoms with Crippen molar-refractivity contribution in [2.75, 3.05) is 31.1 Å². The van der Waals surface area contributed by atoms with E-state index in [1.807, 2.05) is 32.2 Å². The first-order valence-electron chi connectivity index (χ1n) is 11.0. The predicted octanol–water partition coefficient (Wildman–Crippen LogP) is 4.84. The van der Waals surface area contributed by atoms with Gasteiger partial charge >= 0.3 is 0 Å². The first kappa shape index (κ1) is 21.7. The maximum Gasteiger partial charge on any atom is 0.151 e. The van der Waals surface area contributed by atoms with Crippen LogP contribution in [0.4, 0.5) is 11.5 Å². The van der Waals surface area contributed by atoms with Crippen molar-refractivity contribution >= 4 is 17.2 Å². The molecular weight excluding hydrogens is 396 g/mol. The zero-order valence-electron chi connectivity index (χ0n) is 19.1. The van der Waals surface area contributed by atoms with E-state index in [9.17, 15) is 0 Å². The third-order valence-corrected chi connectivity index (χ3v) is 5.71. The van der Waals surface area contributed by atoms with Crippen molar-refractivity contribution in [1.29, 1.82) is 0 Å². The van der Waals surface area contributed by atoms with Gasteiger partial charge in [0.05, 0.1) is 17.6 Å². The molecule has 1 aliphatic heterocycles. The van der Waals surface area contributed by atoms with Crippen molar-refractivity contribution < 1.29 is 0 Å². The molecule has 0 N–H and O–H groups in total. The van der Waals surface area contributed by atoms with Gasteiger partial charge in [0.2, 0.25) is 0 Å². The molecule has 3 heterocycles. The van der Waals surface area contributed by atoms with Crippen LogP contribution in [0, 0.1) is 6.92 Å². The van der Waals surface area contributed by atoms with Gasteiger partial charge in [-0.25, -0.2) is 19.9 Å². The Morgan fingerprint density at radius 3 is 2.34 bits per heavy atom. The van der Waals surface area contributed by atoms with Crippen LogP contribution >= 0.6 is 0 Å². The van der Waals surface area contributed by atoms with E-state index in [0.717, 1.165) is 72.6 Å². The van der Waals surface area contributed by atoms with Gasteiger partial charge < -0.3 is 9.80 Å². The second-order valence-corrected chi connectivity index (χ2v) is 8.29. The summed E-state index contributed by atoms with van der Waals surface area (Å²) < 4.78 is 0. The number of pyridine rings is 1. The zero-order valence-corrected chi connectivity index (χ0v) is 19.1. The van der Waals surface area contributed by atoms with Crippen LogP contribution in [0.5, 0.6) is 0 Å². The lowest BCUT2D eigenvalue weighted by Gasteiger charge is -2.37. The molecule has 0 atom stereocenters. The highest BCUT2D eigenvalue weighted by molar-refractivity contribution is 5.86. The lowest BCUT2D eigenvalue weighted by Crippen LogP contribution is -2.45. The summed E-state index contributed by atoms with van der Waals surface area (Å²) in [4.78, 5) is 22.6. The molecule has 0 spiro atoms. The Morgan fingerprint density at radius 1 is 0.969 bits per heavy atom. The molecule has 164 valence electrons. The van der Waals surface area contributed by atoms with Crippen molar-refractivity contribution in [3.8, 4) is 11.3 Å². The number of aliphatic imine (C=N–C) groups is 1. The summed E-state index contributed by atoms with van der Waals surface area (Å²) in [7, 11) is 0. The maximum absolute atomic E-state index is 4.71. The number of hydrogen-bond acceptors (Lipinski definition) is 6. The molecule has 1 fully saturated rings. The minimum absolute atomic E-state index is 0.750. The van der Waals surface area contributed by atoms with Crippen molar-refractivity contribution in [3.05, 3.63) is 78.5 Å². The molecule has 0 bridgehead atoms. The van der Waals surface area contributed by atoms with Gasteiger partial charge in [0.15, 0.2) is 5.82 Å². The monoisotopic (exact) mass is 426 g/mol. The Hall–Kier alpha value is -3.54. The Bertz CT molecular complexity index is 1090. The molecule has 0 radical (unpaired) electrons. The fourth-order valence-electron chi connectivity index (χ4n) is 3.92. The third-order valence-electron chi connectivity index (χ3n) is 5.71. The zero-order chi connectivity index (χ0) is 22.5. The van der Waals surface area contributed by atoms with Crippen LogP contribution in [0.3, 0.4) is 0 Å². The molecule has 0 aliphatic carbocycles. The number of aromatic nitrogens is 3. The molecule has 2 aromatic heterocycles. The highest BCUT2D eigenvalue weighted by atomic mass is 15.3. The third kappa shape index (κ3) is 5.38. The molecule has 3 aromatic rings. The number of aryl methyl sites for hydroxylation is 1. The standard InChI is InChI=1S/C26H30N6/c1-19(2)31-13-15-32(16-14-31)24-9-10-26(28-18-24)29-20(3)17-22-5-7-23(8-6-22)25-11-12-27-21(4)30-25/h5-12,18H,1,13-17H2,2-4H3. The van der Waals surface area contributed by atoms with Gasteiger partial charge in [-0.15, -0.1) is 0 Å². The molecule has 4 rings (SSSR count). The molecule has 6 heteroatoms. The first-order valence-corrected chi connectivity index (χ1v) is 11.0. The quantitative estimate of drug-likeness (QED) is 0.528. The maximum atomic E-state index is 4.71. The number of nitrogens with zero attached hydrogens (tertiary/aromatic N) is 6. The van der Waals surface area contributed by atoms with Crippen molar-refractivity contribution in [1.82, 2.24) is 19.9 Å². The summed E-state index contributed by atoms with van der Waals surface area (Å²) >= 11 is 0. The number of piperazine rings is 1. The van der Waals surface area contributed by atoms with Crippen LogP contribution in [0.1, 0.15) is 25.2 Å². The number of benzene rings is 1. The Balaban J connectivity index is 1.36. The van der Waals surface area contributed by atoms with E-state index in [1.165, 1.54) is 5.56 Å². The van der Waals surface area contributed by atoms with Crippen LogP contribution in [-0.4, -0.2) is 51.7 Å². The summed E-state index contributed by atoms with van der Waals surface area (Å²) in [6.07, 6.45) is 4.51. The van der Waals surface area contributed by atoms with E-state index < -0.39 is 0 Å². The van der Waals surface area contributed by atoms with Gasteiger partial charge in [0, 0.05) is 55.8 Å². The number of allylic oxidation sites excluding steroid dienone is 1. The van der Waals surface area contributed by atoms with Gasteiger partial charge in [-0.05, 0) is 44.5 Å². The minimum atomic E-state index is 0.750. The smallest absolute Gasteiger partial charge is 0.151 e. The van der Waals surface area contributed by atoms with E-state index in [0.29, 0.717) is 0 Å². The largest absolute Gasteiger partial charge is 0.372 e. The van der Waals surface area contributed by atoms with Gasteiger partial charge in [-0.3, -0.25) is 0 Å². The van der Waals surface area contributed by atoms with Gasteiger partial charge in [-0.1, -0.05) is 30.8 Å². The second-order valence-electron chi connectivity index (χ2n) is 8.29. The number of anilines is 1. The molecule has 32 heavy (non-hydrogen) atoms. The summed E-state index contributed by atoms with van der Waals surface area (Å²) in [6.45, 7) is 14.0. The van der Waals surface area contributed by atoms with Crippen LogP contribution in [0.2, 0.25) is 0 Å². The van der Waals surface area contributed by atoms with Crippen LogP contribution in [0.15, 0.2) is 72.1 Å². The molecule has 0 unspecified atom stereocenters. The summed E-state index contributed by atoms with van der Waals surface area (Å²) in [6, 6.07) is 14.5. The summed E-state index contributed by atoms with van der Waals surface area (Å²) in [5, 5.41) is 0. The average molecular weight is 427 g/mol. The summed E-state index contributed by atoms with van der Waals surface area (Å²) in [5.74, 6) is 1.53. The molecule has 1 aromatic carbocycles. The van der Waals surface area contributed by atoms with E-state index in [-0.39, 0.29) is 0 Å². The lowest BCUT2D eigenvalue weighted by molar-refractivity contribution is 0.323. The normalized spacial score (nSPS) is 14.5. The Labute approximate surface area is 190 Å². The fraction of sp³-hybridized carbons (Fsp3) is 0.308. The van der Waals surface area contributed by atoms with Gasteiger partial charge in [0.25, 0.3) is 0 Å². The van der Waals surface area contributed by atoms with Gasteiger partial charge in [-0.2, -0.15) is 0 Å². The molecule has 6 nitrogen and oxygen atoms in total. The Kier molecular flexibility index (Phi) is 6.59. The minimum Gasteiger partial charge on any atom is -0.372 e. The summed E-state index contributed by atoms with van der Waals surface area (Å²) in [5.41, 5.74) is 6.58. The molecule has 1 aliphatic rings. The lowest BCUT2D eigenvalue weighted by atomic mass is 10.1. The van der Waals surface area contributed by atoms with Crippen LogP contribution in [0.25, 0.3) is 11.3 Å². The average Bonchev–Trinajstić information content (AvgIpc) is 2.80. The van der Waals surface area contributed by atoms with Crippen LogP contribution < -0.4 is 4.90 Å². The van der Waals surface area contributed by atoms with Crippen molar-refractivity contribution in [3.63, 3.8) is 0 Å². The number of hydrogen-bond donors (Lipinski definition) is 0. The molecular formula is C26H30N6. The fourth-order valence-corrected chi connectivity index (χ4v) is 3.92. The Morgan fingerprint density at radius 2 is 1.72 bits per heavy atom. The van der Waals surface area contributed by atoms with E-state index in [4.69, 9.17) is 4.99 Å². The van der Waals surface area contributed by atoms with Crippen molar-refractivity contribution in [2.45, 2.75) is 27.2 Å². The molecule has 1 saturated heterocycles. The van der Waals surface area contributed by atoms with E-state index in [2.05, 4.69) is 68.6 Å². The molecule has 0 saturated carbocycles. The first-order chi connectivity index (χ1) is 15.5. The van der Waals surface area contributed by atoms with E-state index in [1.54, 1.807) is 6.20 Å². The van der Waals surface area contributed by atoms with Crippen molar-refractivity contribution in [2.24, 2.45) is 4.99 Å². The van der Waals surface area contributed by atoms with Crippen LogP contribution in [-0.2, 0) is 6.42 Å². The highest BCUT2D eigenvalue weighted by Gasteiger charge is 2.16. The second kappa shape index (κ2) is 9.73. The number of rotatable bonds is 6. The topological polar surface area (TPSA) is 57.5 Å². The molecule has 0 amide bonds. The highest BCUT2D eigenvalue weighted by Crippen LogP contribution is 2.21. The van der Waals surface area contributed by atoms with E-state index >= 15 is 0 Å². The SMILES string of the molecule is C=C(C)N1CCN(c2ccc(N=C(C)Cc3ccc(-c4ccnc(C)n4)cc3)nc2)CC1. The predicted molar refractivity (Wildman–Crippen MR) is 132 cm³/mol. The van der Waals surface area contributed by atoms with Gasteiger partial charge in [0.1, 0.15) is 5.82 Å².